The van der Waals surface area contributed by atoms with Crippen LogP contribution in [0.4, 0.5) is 0 Å². The lowest BCUT2D eigenvalue weighted by atomic mass is 9.86. The molecule has 0 atom stereocenters. The third kappa shape index (κ3) is 3.21. The Morgan fingerprint density at radius 2 is 1.95 bits per heavy atom. The van der Waals surface area contributed by atoms with E-state index in [9.17, 15) is 0 Å². The van der Waals surface area contributed by atoms with Gasteiger partial charge >= 0.3 is 0 Å². The minimum atomic E-state index is 0.479. The van der Waals surface area contributed by atoms with Gasteiger partial charge in [-0.05, 0) is 77.3 Å². The summed E-state index contributed by atoms with van der Waals surface area (Å²) in [5.74, 6) is 3.05. The van der Waals surface area contributed by atoms with Crippen LogP contribution in [0.1, 0.15) is 43.7 Å². The molecule has 1 aromatic carbocycles. The van der Waals surface area contributed by atoms with Crippen molar-refractivity contribution in [1.29, 1.82) is 0 Å². The van der Waals surface area contributed by atoms with Gasteiger partial charge in [-0.1, -0.05) is 13.8 Å². The van der Waals surface area contributed by atoms with E-state index in [-0.39, 0.29) is 0 Å². The van der Waals surface area contributed by atoms with Gasteiger partial charge in [-0.2, -0.15) is 0 Å². The van der Waals surface area contributed by atoms with Gasteiger partial charge in [0, 0.05) is 0 Å². The lowest BCUT2D eigenvalue weighted by Crippen LogP contribution is -2.29. The van der Waals surface area contributed by atoms with E-state index in [1.807, 2.05) is 0 Å². The molecule has 1 N–H and O–H groups in total. The van der Waals surface area contributed by atoms with Gasteiger partial charge in [0.2, 0.25) is 0 Å². The number of piperidine rings is 1. The van der Waals surface area contributed by atoms with Gasteiger partial charge in [0.1, 0.15) is 13.2 Å². The third-order valence-electron chi connectivity index (χ3n) is 4.44. The zero-order chi connectivity index (χ0) is 14.8. The molecular formula is C17H24BrNO2. The van der Waals surface area contributed by atoms with Crippen LogP contribution >= 0.6 is 15.9 Å². The first kappa shape index (κ1) is 15.2. The smallest absolute Gasteiger partial charge is 0.175 e. The summed E-state index contributed by atoms with van der Waals surface area (Å²) in [6.45, 7) is 8.08. The highest BCUT2D eigenvalue weighted by Crippen LogP contribution is 2.45. The Hall–Kier alpha value is -0.740. The lowest BCUT2D eigenvalue weighted by Gasteiger charge is -2.28. The minimum Gasteiger partial charge on any atom is -0.486 e. The van der Waals surface area contributed by atoms with Crippen LogP contribution in [0.5, 0.6) is 11.5 Å². The summed E-state index contributed by atoms with van der Waals surface area (Å²) in [5, 5.41) is 3.45. The van der Waals surface area contributed by atoms with Crippen molar-refractivity contribution < 1.29 is 9.47 Å². The van der Waals surface area contributed by atoms with E-state index in [2.05, 4.69) is 41.2 Å². The monoisotopic (exact) mass is 353 g/mol. The number of halogens is 1. The predicted octanol–water partition coefficient (Wildman–Crippen LogP) is 3.89. The van der Waals surface area contributed by atoms with Gasteiger partial charge in [-0.3, -0.25) is 0 Å². The molecule has 2 aliphatic heterocycles. The molecule has 0 spiro atoms. The Balaban J connectivity index is 1.95. The number of hydrogen-bond donors (Lipinski definition) is 1. The van der Waals surface area contributed by atoms with Gasteiger partial charge < -0.3 is 14.8 Å². The van der Waals surface area contributed by atoms with Crippen molar-refractivity contribution in [3.63, 3.8) is 0 Å². The van der Waals surface area contributed by atoms with E-state index in [4.69, 9.17) is 9.47 Å². The number of rotatable bonds is 3. The Bertz CT molecular complexity index is 510. The summed E-state index contributed by atoms with van der Waals surface area (Å²) in [5.41, 5.74) is 2.81. The second-order valence-corrected chi connectivity index (χ2v) is 7.13. The van der Waals surface area contributed by atoms with Crippen LogP contribution < -0.4 is 14.8 Å². The maximum Gasteiger partial charge on any atom is 0.175 e. The topological polar surface area (TPSA) is 30.5 Å². The number of hydrogen-bond acceptors (Lipinski definition) is 3. The van der Waals surface area contributed by atoms with Crippen LogP contribution in [-0.4, -0.2) is 26.3 Å². The normalized spacial score (nSPS) is 19.0. The van der Waals surface area contributed by atoms with Gasteiger partial charge in [0.25, 0.3) is 0 Å². The quantitative estimate of drug-likeness (QED) is 0.894. The molecule has 0 radical (unpaired) electrons. The first-order valence-electron chi connectivity index (χ1n) is 7.98. The highest BCUT2D eigenvalue weighted by Gasteiger charge is 2.24. The van der Waals surface area contributed by atoms with Gasteiger partial charge in [-0.15, -0.1) is 0 Å². The molecule has 0 aliphatic carbocycles. The molecular weight excluding hydrogens is 330 g/mol. The minimum absolute atomic E-state index is 0.479. The number of nitrogens with one attached hydrogen (secondary N) is 1. The lowest BCUT2D eigenvalue weighted by molar-refractivity contribution is 0.170. The summed E-state index contributed by atoms with van der Waals surface area (Å²) < 4.78 is 12.7. The highest BCUT2D eigenvalue weighted by atomic mass is 79.9. The van der Waals surface area contributed by atoms with Gasteiger partial charge in [0.05, 0.1) is 4.47 Å². The summed E-state index contributed by atoms with van der Waals surface area (Å²) in [7, 11) is 0. The SMILES string of the molecule is CC(C)c1c(CC2CCNCC2)cc2c(c1Br)OCCO2. The summed E-state index contributed by atoms with van der Waals surface area (Å²) in [4.78, 5) is 0. The summed E-state index contributed by atoms with van der Waals surface area (Å²) >= 11 is 3.77. The Kier molecular flexibility index (Phi) is 4.75. The van der Waals surface area contributed by atoms with E-state index in [1.54, 1.807) is 0 Å². The zero-order valence-electron chi connectivity index (χ0n) is 12.9. The molecule has 3 nitrogen and oxygen atoms in total. The fraction of sp³-hybridized carbons (Fsp3) is 0.647. The van der Waals surface area contributed by atoms with Gasteiger partial charge in [0.15, 0.2) is 11.5 Å². The van der Waals surface area contributed by atoms with Crippen LogP contribution in [0.25, 0.3) is 0 Å². The fourth-order valence-electron chi connectivity index (χ4n) is 3.40. The molecule has 0 saturated carbocycles. The highest BCUT2D eigenvalue weighted by molar-refractivity contribution is 9.10. The van der Waals surface area contributed by atoms with Crippen LogP contribution in [0.3, 0.4) is 0 Å². The fourth-order valence-corrected chi connectivity index (χ4v) is 4.42. The van der Waals surface area contributed by atoms with Crippen molar-refractivity contribution in [3.8, 4) is 11.5 Å². The van der Waals surface area contributed by atoms with Crippen LogP contribution in [0.15, 0.2) is 10.5 Å². The molecule has 0 bridgehead atoms. The second kappa shape index (κ2) is 6.57. The number of ether oxygens (including phenoxy) is 2. The molecule has 0 unspecified atom stereocenters. The molecule has 1 aromatic rings. The van der Waals surface area contributed by atoms with E-state index in [0.29, 0.717) is 19.1 Å². The summed E-state index contributed by atoms with van der Waals surface area (Å²) in [6, 6.07) is 2.22. The van der Waals surface area contributed by atoms with Crippen molar-refractivity contribution in [3.05, 3.63) is 21.7 Å². The average molecular weight is 354 g/mol. The largest absolute Gasteiger partial charge is 0.486 e. The zero-order valence-corrected chi connectivity index (χ0v) is 14.5. The molecule has 0 amide bonds. The molecule has 0 aromatic heterocycles. The van der Waals surface area contributed by atoms with Crippen LogP contribution in [0.2, 0.25) is 0 Å². The van der Waals surface area contributed by atoms with E-state index < -0.39 is 0 Å². The van der Waals surface area contributed by atoms with E-state index >= 15 is 0 Å². The molecule has 3 rings (SSSR count). The first-order chi connectivity index (χ1) is 10.2. The second-order valence-electron chi connectivity index (χ2n) is 6.34. The maximum atomic E-state index is 5.81. The molecule has 21 heavy (non-hydrogen) atoms. The summed E-state index contributed by atoms with van der Waals surface area (Å²) in [6.07, 6.45) is 3.68. The number of benzene rings is 1. The van der Waals surface area contributed by atoms with Crippen LogP contribution in [-0.2, 0) is 6.42 Å². The first-order valence-corrected chi connectivity index (χ1v) is 8.77. The molecule has 2 heterocycles. The number of fused-ring (bicyclic) bond motifs is 1. The predicted molar refractivity (Wildman–Crippen MR) is 88.5 cm³/mol. The van der Waals surface area contributed by atoms with Crippen molar-refractivity contribution in [2.45, 2.75) is 39.0 Å². The average Bonchev–Trinajstić information content (AvgIpc) is 2.48. The van der Waals surface area contributed by atoms with E-state index in [0.717, 1.165) is 41.4 Å². The van der Waals surface area contributed by atoms with Crippen molar-refractivity contribution in [2.75, 3.05) is 26.3 Å². The Morgan fingerprint density at radius 1 is 1.24 bits per heavy atom. The maximum absolute atomic E-state index is 5.81. The third-order valence-corrected chi connectivity index (χ3v) is 5.23. The standard InChI is InChI=1S/C17H24BrNO2/c1-11(2)15-13(9-12-3-5-19-6-4-12)10-14-17(16(15)18)21-8-7-20-14/h10-12,19H,3-9H2,1-2H3. The van der Waals surface area contributed by atoms with Crippen molar-refractivity contribution in [1.82, 2.24) is 5.32 Å². The molecule has 1 saturated heterocycles. The van der Waals surface area contributed by atoms with E-state index in [1.165, 1.54) is 24.0 Å². The Morgan fingerprint density at radius 3 is 2.67 bits per heavy atom. The van der Waals surface area contributed by atoms with Crippen LogP contribution in [0, 0.1) is 5.92 Å². The van der Waals surface area contributed by atoms with Crippen molar-refractivity contribution in [2.24, 2.45) is 5.92 Å². The Labute approximate surface area is 135 Å². The molecule has 4 heteroatoms. The van der Waals surface area contributed by atoms with Crippen molar-refractivity contribution >= 4 is 15.9 Å². The van der Waals surface area contributed by atoms with Gasteiger partial charge in [-0.25, -0.2) is 0 Å². The molecule has 116 valence electrons. The molecule has 1 fully saturated rings. The molecule has 2 aliphatic rings.